The summed E-state index contributed by atoms with van der Waals surface area (Å²) in [7, 11) is 0. The Balaban J connectivity index is 2.01. The van der Waals surface area contributed by atoms with Crippen LogP contribution in [0, 0.1) is 16.0 Å². The molecule has 0 spiro atoms. The fourth-order valence-electron chi connectivity index (χ4n) is 1.58. The van der Waals surface area contributed by atoms with Crippen LogP contribution in [0.25, 0.3) is 0 Å². The molecule has 2 rings (SSSR count). The number of hydrogen-bond donors (Lipinski definition) is 1. The SMILES string of the molecule is O=C1CCC1C(=O)Nc1ccc([N+](=O)[O-])cc1. The molecule has 1 aromatic carbocycles. The number of hydrogen-bond acceptors (Lipinski definition) is 4. The van der Waals surface area contributed by atoms with Gasteiger partial charge in [0, 0.05) is 24.2 Å². The van der Waals surface area contributed by atoms with Crippen molar-refractivity contribution in [1.82, 2.24) is 0 Å². The van der Waals surface area contributed by atoms with Gasteiger partial charge in [0.15, 0.2) is 0 Å². The van der Waals surface area contributed by atoms with Gasteiger partial charge in [-0.05, 0) is 18.6 Å². The molecule has 1 atom stereocenters. The lowest BCUT2D eigenvalue weighted by Crippen LogP contribution is -2.36. The van der Waals surface area contributed by atoms with E-state index in [0.717, 1.165) is 0 Å². The highest BCUT2D eigenvalue weighted by molar-refractivity contribution is 6.10. The van der Waals surface area contributed by atoms with Crippen molar-refractivity contribution < 1.29 is 14.5 Å². The number of non-ortho nitro benzene ring substituents is 1. The minimum Gasteiger partial charge on any atom is -0.325 e. The second-order valence-electron chi connectivity index (χ2n) is 3.85. The van der Waals surface area contributed by atoms with Crippen molar-refractivity contribution >= 4 is 23.1 Å². The highest BCUT2D eigenvalue weighted by atomic mass is 16.6. The summed E-state index contributed by atoms with van der Waals surface area (Å²) in [6.07, 6.45) is 1.04. The first kappa shape index (κ1) is 11.3. The van der Waals surface area contributed by atoms with Crippen LogP contribution in [0.1, 0.15) is 12.8 Å². The molecule has 17 heavy (non-hydrogen) atoms. The fraction of sp³-hybridized carbons (Fsp3) is 0.273. The van der Waals surface area contributed by atoms with Crippen LogP contribution in [0.5, 0.6) is 0 Å². The minimum atomic E-state index is -0.551. The molecule has 1 N–H and O–H groups in total. The van der Waals surface area contributed by atoms with Gasteiger partial charge in [-0.15, -0.1) is 0 Å². The molecule has 0 aromatic heterocycles. The second-order valence-corrected chi connectivity index (χ2v) is 3.85. The summed E-state index contributed by atoms with van der Waals surface area (Å²) in [6.45, 7) is 0. The molecule has 0 heterocycles. The first-order valence-corrected chi connectivity index (χ1v) is 5.16. The van der Waals surface area contributed by atoms with Gasteiger partial charge in [0.1, 0.15) is 5.78 Å². The van der Waals surface area contributed by atoms with E-state index in [-0.39, 0.29) is 17.4 Å². The zero-order chi connectivity index (χ0) is 12.4. The Hall–Kier alpha value is -2.24. The molecule has 6 nitrogen and oxygen atoms in total. The van der Waals surface area contributed by atoms with E-state index in [1.54, 1.807) is 0 Å². The summed E-state index contributed by atoms with van der Waals surface area (Å²) < 4.78 is 0. The Morgan fingerprint density at radius 1 is 1.35 bits per heavy atom. The number of nitro groups is 1. The van der Waals surface area contributed by atoms with Crippen molar-refractivity contribution in [3.05, 3.63) is 34.4 Å². The number of nitro benzene ring substituents is 1. The van der Waals surface area contributed by atoms with E-state index in [0.29, 0.717) is 18.5 Å². The first-order chi connectivity index (χ1) is 8.08. The van der Waals surface area contributed by atoms with Crippen LogP contribution in [0.2, 0.25) is 0 Å². The van der Waals surface area contributed by atoms with E-state index in [9.17, 15) is 19.7 Å². The Morgan fingerprint density at radius 2 is 2.00 bits per heavy atom. The number of Topliss-reactive ketones (excluding diaryl/α,β-unsaturated/α-hetero) is 1. The molecule has 6 heteroatoms. The maximum absolute atomic E-state index is 11.6. The molecular formula is C11H10N2O4. The predicted octanol–water partition coefficient (Wildman–Crippen LogP) is 1.51. The number of nitrogens with one attached hydrogen (secondary N) is 1. The van der Waals surface area contributed by atoms with Crippen molar-refractivity contribution in [3.63, 3.8) is 0 Å². The van der Waals surface area contributed by atoms with Crippen LogP contribution in [0.4, 0.5) is 11.4 Å². The molecule has 1 fully saturated rings. The standard InChI is InChI=1S/C11H10N2O4/c14-10-6-5-9(10)11(15)12-7-1-3-8(4-2-7)13(16)17/h1-4,9H,5-6H2,(H,12,15). The van der Waals surface area contributed by atoms with Crippen LogP contribution in [-0.2, 0) is 9.59 Å². The topological polar surface area (TPSA) is 89.3 Å². The second kappa shape index (κ2) is 4.32. The van der Waals surface area contributed by atoms with E-state index in [1.165, 1.54) is 24.3 Å². The first-order valence-electron chi connectivity index (χ1n) is 5.16. The average molecular weight is 234 g/mol. The van der Waals surface area contributed by atoms with Gasteiger partial charge < -0.3 is 5.32 Å². The monoisotopic (exact) mass is 234 g/mol. The van der Waals surface area contributed by atoms with E-state index in [4.69, 9.17) is 0 Å². The lowest BCUT2D eigenvalue weighted by atomic mass is 9.83. The molecule has 0 aliphatic heterocycles. The summed E-state index contributed by atoms with van der Waals surface area (Å²) in [5.41, 5.74) is 0.419. The Morgan fingerprint density at radius 3 is 2.41 bits per heavy atom. The van der Waals surface area contributed by atoms with Crippen LogP contribution in [0.3, 0.4) is 0 Å². The molecule has 1 unspecified atom stereocenters. The lowest BCUT2D eigenvalue weighted by molar-refractivity contribution is -0.384. The Labute approximate surface area is 96.8 Å². The summed E-state index contributed by atoms with van der Waals surface area (Å²) >= 11 is 0. The maximum Gasteiger partial charge on any atom is 0.269 e. The van der Waals surface area contributed by atoms with Gasteiger partial charge in [0.05, 0.1) is 10.8 Å². The van der Waals surface area contributed by atoms with Crippen LogP contribution < -0.4 is 5.32 Å². The van der Waals surface area contributed by atoms with Gasteiger partial charge >= 0.3 is 0 Å². The van der Waals surface area contributed by atoms with Crippen molar-refractivity contribution in [3.8, 4) is 0 Å². The van der Waals surface area contributed by atoms with Crippen molar-refractivity contribution in [1.29, 1.82) is 0 Å². The highest BCUT2D eigenvalue weighted by Gasteiger charge is 2.34. The number of rotatable bonds is 3. The molecular weight excluding hydrogens is 224 g/mol. The molecule has 0 bridgehead atoms. The largest absolute Gasteiger partial charge is 0.325 e. The maximum atomic E-state index is 11.6. The molecule has 0 radical (unpaired) electrons. The predicted molar refractivity (Wildman–Crippen MR) is 59.5 cm³/mol. The fourth-order valence-corrected chi connectivity index (χ4v) is 1.58. The third-order valence-corrected chi connectivity index (χ3v) is 2.73. The van der Waals surface area contributed by atoms with Crippen molar-refractivity contribution in [2.45, 2.75) is 12.8 Å². The van der Waals surface area contributed by atoms with Crippen LogP contribution >= 0.6 is 0 Å². The highest BCUT2D eigenvalue weighted by Crippen LogP contribution is 2.24. The number of amides is 1. The third kappa shape index (κ3) is 2.30. The van der Waals surface area contributed by atoms with Gasteiger partial charge in [-0.1, -0.05) is 0 Å². The number of carbonyl (C=O) groups excluding carboxylic acids is 2. The van der Waals surface area contributed by atoms with Gasteiger partial charge in [0.2, 0.25) is 5.91 Å². The smallest absolute Gasteiger partial charge is 0.269 e. The van der Waals surface area contributed by atoms with Crippen molar-refractivity contribution in [2.75, 3.05) is 5.32 Å². The number of carbonyl (C=O) groups is 2. The van der Waals surface area contributed by atoms with Gasteiger partial charge in [-0.25, -0.2) is 0 Å². The number of anilines is 1. The minimum absolute atomic E-state index is 0.0391. The number of nitrogens with zero attached hydrogens (tertiary/aromatic N) is 1. The van der Waals surface area contributed by atoms with E-state index in [2.05, 4.69) is 5.32 Å². The summed E-state index contributed by atoms with van der Waals surface area (Å²) in [5, 5.41) is 13.0. The normalized spacial score (nSPS) is 18.4. The zero-order valence-corrected chi connectivity index (χ0v) is 8.88. The van der Waals surface area contributed by atoms with E-state index in [1.807, 2.05) is 0 Å². The Bertz CT molecular complexity index is 481. The average Bonchev–Trinajstić information content (AvgIpc) is 2.27. The molecule has 88 valence electrons. The molecule has 1 aromatic rings. The molecule has 1 saturated carbocycles. The third-order valence-electron chi connectivity index (χ3n) is 2.73. The van der Waals surface area contributed by atoms with E-state index >= 15 is 0 Å². The lowest BCUT2D eigenvalue weighted by Gasteiger charge is -2.22. The molecule has 0 saturated heterocycles. The summed E-state index contributed by atoms with van der Waals surface area (Å²) in [5.74, 6) is -0.940. The molecule has 1 aliphatic carbocycles. The van der Waals surface area contributed by atoms with Gasteiger partial charge in [-0.3, -0.25) is 19.7 Å². The van der Waals surface area contributed by atoms with Gasteiger partial charge in [-0.2, -0.15) is 0 Å². The zero-order valence-electron chi connectivity index (χ0n) is 8.88. The molecule has 1 amide bonds. The van der Waals surface area contributed by atoms with E-state index < -0.39 is 10.8 Å². The number of ketones is 1. The van der Waals surface area contributed by atoms with Crippen LogP contribution in [0.15, 0.2) is 24.3 Å². The summed E-state index contributed by atoms with van der Waals surface area (Å²) in [4.78, 5) is 32.5. The molecule has 1 aliphatic rings. The summed E-state index contributed by atoms with van der Waals surface area (Å²) in [6, 6.07) is 5.49. The Kier molecular flexibility index (Phi) is 2.86. The van der Waals surface area contributed by atoms with Crippen molar-refractivity contribution in [2.24, 2.45) is 5.92 Å². The quantitative estimate of drug-likeness (QED) is 0.487. The van der Waals surface area contributed by atoms with Crippen LogP contribution in [-0.4, -0.2) is 16.6 Å². The van der Waals surface area contributed by atoms with Gasteiger partial charge in [0.25, 0.3) is 5.69 Å². The number of benzene rings is 1.